The van der Waals surface area contributed by atoms with Crippen LogP contribution in [-0.2, 0) is 20.1 Å². The SMILES string of the molecule is Cc1cncc(CNCc2ncn(C)n2)c1. The highest BCUT2D eigenvalue weighted by molar-refractivity contribution is 5.16. The fraction of sp³-hybridized carbons (Fsp3) is 0.364. The van der Waals surface area contributed by atoms with E-state index in [4.69, 9.17) is 0 Å². The summed E-state index contributed by atoms with van der Waals surface area (Å²) in [5, 5.41) is 7.47. The summed E-state index contributed by atoms with van der Waals surface area (Å²) in [6, 6.07) is 2.12. The lowest BCUT2D eigenvalue weighted by molar-refractivity contribution is 0.648. The molecule has 0 radical (unpaired) electrons. The van der Waals surface area contributed by atoms with E-state index in [1.165, 1.54) is 11.1 Å². The predicted molar refractivity (Wildman–Crippen MR) is 60.5 cm³/mol. The van der Waals surface area contributed by atoms with Crippen LogP contribution in [0.25, 0.3) is 0 Å². The van der Waals surface area contributed by atoms with Gasteiger partial charge in [-0.1, -0.05) is 6.07 Å². The van der Waals surface area contributed by atoms with Gasteiger partial charge in [0.15, 0.2) is 5.82 Å². The maximum absolute atomic E-state index is 4.19. The smallest absolute Gasteiger partial charge is 0.164 e. The maximum atomic E-state index is 4.19. The van der Waals surface area contributed by atoms with Crippen LogP contribution in [0.5, 0.6) is 0 Å². The summed E-state index contributed by atoms with van der Waals surface area (Å²) >= 11 is 0. The molecule has 5 heteroatoms. The van der Waals surface area contributed by atoms with Crippen molar-refractivity contribution in [3.63, 3.8) is 0 Å². The van der Waals surface area contributed by atoms with Gasteiger partial charge in [0.2, 0.25) is 0 Å². The van der Waals surface area contributed by atoms with Gasteiger partial charge < -0.3 is 5.32 Å². The van der Waals surface area contributed by atoms with Crippen molar-refractivity contribution in [2.45, 2.75) is 20.0 Å². The average Bonchev–Trinajstić information content (AvgIpc) is 2.64. The van der Waals surface area contributed by atoms with Gasteiger partial charge in [-0.3, -0.25) is 9.67 Å². The number of nitrogens with one attached hydrogen (secondary N) is 1. The zero-order valence-electron chi connectivity index (χ0n) is 9.51. The second-order valence-electron chi connectivity index (χ2n) is 3.81. The Morgan fingerprint density at radius 1 is 1.31 bits per heavy atom. The molecule has 2 heterocycles. The lowest BCUT2D eigenvalue weighted by atomic mass is 10.2. The number of hydrogen-bond donors (Lipinski definition) is 1. The predicted octanol–water partition coefficient (Wildman–Crippen LogP) is 0.808. The number of aryl methyl sites for hydroxylation is 2. The Morgan fingerprint density at radius 3 is 2.88 bits per heavy atom. The van der Waals surface area contributed by atoms with E-state index in [-0.39, 0.29) is 0 Å². The minimum Gasteiger partial charge on any atom is -0.306 e. The summed E-state index contributed by atoms with van der Waals surface area (Å²) in [6.07, 6.45) is 5.42. The third-order valence-corrected chi connectivity index (χ3v) is 2.19. The first kappa shape index (κ1) is 10.8. The Kier molecular flexibility index (Phi) is 3.26. The van der Waals surface area contributed by atoms with Crippen molar-refractivity contribution >= 4 is 0 Å². The van der Waals surface area contributed by atoms with Gasteiger partial charge in [0.05, 0.1) is 6.54 Å². The Hall–Kier alpha value is -1.75. The maximum Gasteiger partial charge on any atom is 0.164 e. The van der Waals surface area contributed by atoms with Crippen LogP contribution in [0.2, 0.25) is 0 Å². The van der Waals surface area contributed by atoms with E-state index in [2.05, 4.69) is 26.4 Å². The Labute approximate surface area is 94.5 Å². The van der Waals surface area contributed by atoms with Crippen LogP contribution in [0.3, 0.4) is 0 Å². The summed E-state index contributed by atoms with van der Waals surface area (Å²) in [6.45, 7) is 3.50. The Bertz CT molecular complexity index is 463. The molecule has 0 aromatic carbocycles. The molecule has 0 fully saturated rings. The van der Waals surface area contributed by atoms with Crippen LogP contribution in [-0.4, -0.2) is 19.7 Å². The van der Waals surface area contributed by atoms with Gasteiger partial charge in [0.1, 0.15) is 6.33 Å². The highest BCUT2D eigenvalue weighted by atomic mass is 15.3. The summed E-state index contributed by atoms with van der Waals surface area (Å²) < 4.78 is 1.70. The summed E-state index contributed by atoms with van der Waals surface area (Å²) in [7, 11) is 1.86. The molecular weight excluding hydrogens is 202 g/mol. The van der Waals surface area contributed by atoms with Crippen molar-refractivity contribution in [2.75, 3.05) is 0 Å². The van der Waals surface area contributed by atoms with Crippen LogP contribution in [0.4, 0.5) is 0 Å². The zero-order chi connectivity index (χ0) is 11.4. The molecule has 0 atom stereocenters. The highest BCUT2D eigenvalue weighted by Gasteiger charge is 1.98. The monoisotopic (exact) mass is 217 g/mol. The van der Waals surface area contributed by atoms with Crippen molar-refractivity contribution in [2.24, 2.45) is 7.05 Å². The first-order valence-corrected chi connectivity index (χ1v) is 5.20. The molecule has 2 rings (SSSR count). The molecule has 0 aliphatic rings. The third kappa shape index (κ3) is 2.87. The van der Waals surface area contributed by atoms with Crippen LogP contribution < -0.4 is 5.32 Å². The molecule has 16 heavy (non-hydrogen) atoms. The lowest BCUT2D eigenvalue weighted by Crippen LogP contribution is -2.14. The molecule has 5 nitrogen and oxygen atoms in total. The van der Waals surface area contributed by atoms with E-state index in [0.717, 1.165) is 12.4 Å². The van der Waals surface area contributed by atoms with Crippen LogP contribution in [0, 0.1) is 6.92 Å². The number of aromatic nitrogens is 4. The molecule has 0 spiro atoms. The Morgan fingerprint density at radius 2 is 2.19 bits per heavy atom. The first-order valence-electron chi connectivity index (χ1n) is 5.20. The summed E-state index contributed by atoms with van der Waals surface area (Å²) in [5.74, 6) is 0.808. The van der Waals surface area contributed by atoms with Gasteiger partial charge in [-0.2, -0.15) is 5.10 Å². The molecule has 0 amide bonds. The largest absolute Gasteiger partial charge is 0.306 e. The van der Waals surface area contributed by atoms with Crippen LogP contribution in [0.1, 0.15) is 17.0 Å². The number of nitrogens with zero attached hydrogens (tertiary/aromatic N) is 4. The van der Waals surface area contributed by atoms with E-state index >= 15 is 0 Å². The number of hydrogen-bond acceptors (Lipinski definition) is 4. The van der Waals surface area contributed by atoms with Gasteiger partial charge in [0.25, 0.3) is 0 Å². The van der Waals surface area contributed by atoms with E-state index in [0.29, 0.717) is 6.54 Å². The van der Waals surface area contributed by atoms with Gasteiger partial charge in [-0.05, 0) is 18.1 Å². The molecular formula is C11H15N5. The second-order valence-corrected chi connectivity index (χ2v) is 3.81. The molecule has 84 valence electrons. The van der Waals surface area contributed by atoms with E-state index in [9.17, 15) is 0 Å². The third-order valence-electron chi connectivity index (χ3n) is 2.19. The van der Waals surface area contributed by atoms with Crippen molar-refractivity contribution in [3.8, 4) is 0 Å². The van der Waals surface area contributed by atoms with Crippen LogP contribution in [0.15, 0.2) is 24.8 Å². The normalized spacial score (nSPS) is 10.6. The second kappa shape index (κ2) is 4.85. The fourth-order valence-electron chi connectivity index (χ4n) is 1.50. The van der Waals surface area contributed by atoms with Crippen molar-refractivity contribution in [1.29, 1.82) is 0 Å². The molecule has 0 unspecified atom stereocenters. The minimum absolute atomic E-state index is 0.675. The fourth-order valence-corrected chi connectivity index (χ4v) is 1.50. The highest BCUT2D eigenvalue weighted by Crippen LogP contribution is 2.00. The molecule has 2 aromatic rings. The van der Waals surface area contributed by atoms with Gasteiger partial charge in [-0.25, -0.2) is 4.98 Å². The van der Waals surface area contributed by atoms with Gasteiger partial charge in [0, 0.05) is 26.0 Å². The summed E-state index contributed by atoms with van der Waals surface area (Å²) in [4.78, 5) is 8.28. The minimum atomic E-state index is 0.675. The number of pyridine rings is 1. The van der Waals surface area contributed by atoms with E-state index in [1.54, 1.807) is 11.0 Å². The topological polar surface area (TPSA) is 55.6 Å². The van der Waals surface area contributed by atoms with Gasteiger partial charge in [-0.15, -0.1) is 0 Å². The van der Waals surface area contributed by atoms with Crippen molar-refractivity contribution in [3.05, 3.63) is 41.7 Å². The Balaban J connectivity index is 1.84. The molecule has 0 aliphatic carbocycles. The van der Waals surface area contributed by atoms with Crippen LogP contribution >= 0.6 is 0 Å². The first-order chi connectivity index (χ1) is 7.74. The number of rotatable bonds is 4. The standard InChI is InChI=1S/C11H15N5/c1-9-3-10(5-12-4-9)6-13-7-11-14-8-16(2)15-11/h3-5,8,13H,6-7H2,1-2H3. The zero-order valence-corrected chi connectivity index (χ0v) is 9.51. The summed E-state index contributed by atoms with van der Waals surface area (Å²) in [5.41, 5.74) is 2.35. The average molecular weight is 217 g/mol. The molecule has 1 N–H and O–H groups in total. The lowest BCUT2D eigenvalue weighted by Gasteiger charge is -2.02. The van der Waals surface area contributed by atoms with E-state index in [1.807, 2.05) is 26.4 Å². The molecule has 0 aliphatic heterocycles. The molecule has 0 bridgehead atoms. The van der Waals surface area contributed by atoms with Gasteiger partial charge >= 0.3 is 0 Å². The van der Waals surface area contributed by atoms with Crippen molar-refractivity contribution < 1.29 is 0 Å². The molecule has 2 aromatic heterocycles. The quantitative estimate of drug-likeness (QED) is 0.823. The molecule has 0 saturated carbocycles. The van der Waals surface area contributed by atoms with Crippen molar-refractivity contribution in [1.82, 2.24) is 25.1 Å². The van der Waals surface area contributed by atoms with E-state index < -0.39 is 0 Å². The molecule has 0 saturated heterocycles.